The standard InChI is InChI=1S/C19H24N2O3S/c1-12-6-7-13(2)15(8-12)21-19(25)20-11-14-9-17(23-4)18(24-5)10-16(14)22-3/h6-10H,11H2,1-5H3,(H2,20,21,25). The van der Waals surface area contributed by atoms with Crippen molar-refractivity contribution in [1.29, 1.82) is 0 Å². The molecule has 0 aliphatic carbocycles. The predicted molar refractivity (Wildman–Crippen MR) is 105 cm³/mol. The molecule has 0 heterocycles. The molecule has 2 aromatic carbocycles. The third-order valence-electron chi connectivity index (χ3n) is 3.87. The minimum Gasteiger partial charge on any atom is -0.496 e. The predicted octanol–water partition coefficient (Wildman–Crippen LogP) is 3.82. The van der Waals surface area contributed by atoms with Gasteiger partial charge in [-0.3, -0.25) is 0 Å². The number of aryl methyl sites for hydroxylation is 2. The molecule has 5 nitrogen and oxygen atoms in total. The Bertz CT molecular complexity index is 763. The fraction of sp³-hybridized carbons (Fsp3) is 0.316. The molecule has 2 N–H and O–H groups in total. The molecule has 25 heavy (non-hydrogen) atoms. The minimum atomic E-state index is 0.500. The van der Waals surface area contributed by atoms with Gasteiger partial charge in [-0.1, -0.05) is 12.1 Å². The first-order valence-electron chi connectivity index (χ1n) is 7.89. The van der Waals surface area contributed by atoms with Crippen LogP contribution in [0.25, 0.3) is 0 Å². The quantitative estimate of drug-likeness (QED) is 0.764. The summed E-state index contributed by atoms with van der Waals surface area (Å²) < 4.78 is 16.1. The van der Waals surface area contributed by atoms with Crippen molar-refractivity contribution in [3.63, 3.8) is 0 Å². The van der Waals surface area contributed by atoms with Crippen molar-refractivity contribution in [3.8, 4) is 17.2 Å². The zero-order chi connectivity index (χ0) is 18.4. The van der Waals surface area contributed by atoms with Gasteiger partial charge in [0.15, 0.2) is 16.6 Å². The Morgan fingerprint density at radius 3 is 2.20 bits per heavy atom. The van der Waals surface area contributed by atoms with Crippen LogP contribution in [-0.4, -0.2) is 26.4 Å². The lowest BCUT2D eigenvalue weighted by molar-refractivity contribution is 0.347. The molecule has 0 amide bonds. The van der Waals surface area contributed by atoms with E-state index in [2.05, 4.69) is 35.8 Å². The van der Waals surface area contributed by atoms with E-state index in [0.717, 1.165) is 16.8 Å². The molecule has 0 atom stereocenters. The van der Waals surface area contributed by atoms with Crippen LogP contribution < -0.4 is 24.8 Å². The smallest absolute Gasteiger partial charge is 0.171 e. The number of hydrogen-bond acceptors (Lipinski definition) is 4. The Balaban J connectivity index is 2.09. The highest BCUT2D eigenvalue weighted by atomic mass is 32.1. The Morgan fingerprint density at radius 1 is 0.920 bits per heavy atom. The summed E-state index contributed by atoms with van der Waals surface area (Å²) in [4.78, 5) is 0. The van der Waals surface area contributed by atoms with Crippen LogP contribution in [0.4, 0.5) is 5.69 Å². The van der Waals surface area contributed by atoms with Crippen molar-refractivity contribution in [2.24, 2.45) is 0 Å². The van der Waals surface area contributed by atoms with Crippen LogP contribution in [0.15, 0.2) is 30.3 Å². The van der Waals surface area contributed by atoms with Gasteiger partial charge in [0.25, 0.3) is 0 Å². The zero-order valence-corrected chi connectivity index (χ0v) is 16.0. The Hall–Kier alpha value is -2.47. The molecule has 0 unspecified atom stereocenters. The van der Waals surface area contributed by atoms with E-state index < -0.39 is 0 Å². The number of methoxy groups -OCH3 is 3. The van der Waals surface area contributed by atoms with E-state index in [1.807, 2.05) is 13.0 Å². The second kappa shape index (κ2) is 8.58. The van der Waals surface area contributed by atoms with Crippen LogP contribution in [0, 0.1) is 13.8 Å². The van der Waals surface area contributed by atoms with Crippen LogP contribution in [0.2, 0.25) is 0 Å². The summed E-state index contributed by atoms with van der Waals surface area (Å²) in [6, 6.07) is 9.89. The first-order chi connectivity index (χ1) is 12.0. The molecule has 2 aromatic rings. The van der Waals surface area contributed by atoms with Gasteiger partial charge in [0.2, 0.25) is 0 Å². The number of nitrogens with one attached hydrogen (secondary N) is 2. The maximum Gasteiger partial charge on any atom is 0.171 e. The highest BCUT2D eigenvalue weighted by Gasteiger charge is 2.12. The molecule has 0 aliphatic heterocycles. The molecule has 0 aliphatic rings. The average molecular weight is 360 g/mol. The van der Waals surface area contributed by atoms with Gasteiger partial charge in [-0.25, -0.2) is 0 Å². The van der Waals surface area contributed by atoms with E-state index in [1.165, 1.54) is 5.56 Å². The highest BCUT2D eigenvalue weighted by molar-refractivity contribution is 7.80. The van der Waals surface area contributed by atoms with Gasteiger partial charge < -0.3 is 24.8 Å². The van der Waals surface area contributed by atoms with E-state index >= 15 is 0 Å². The first kappa shape index (κ1) is 18.9. The van der Waals surface area contributed by atoms with E-state index in [-0.39, 0.29) is 0 Å². The molecule has 0 bridgehead atoms. The molecule has 0 saturated heterocycles. The fourth-order valence-electron chi connectivity index (χ4n) is 2.44. The summed E-state index contributed by atoms with van der Waals surface area (Å²) in [5.74, 6) is 1.98. The number of benzene rings is 2. The maximum atomic E-state index is 5.43. The van der Waals surface area contributed by atoms with Crippen LogP contribution in [0.3, 0.4) is 0 Å². The summed E-state index contributed by atoms with van der Waals surface area (Å²) in [7, 11) is 4.82. The molecular formula is C19H24N2O3S. The van der Waals surface area contributed by atoms with Crippen molar-refractivity contribution in [1.82, 2.24) is 5.32 Å². The third-order valence-corrected chi connectivity index (χ3v) is 4.11. The van der Waals surface area contributed by atoms with Gasteiger partial charge in [0.05, 0.1) is 21.3 Å². The van der Waals surface area contributed by atoms with Gasteiger partial charge in [0.1, 0.15) is 5.75 Å². The molecule has 0 radical (unpaired) electrons. The number of ether oxygens (including phenoxy) is 3. The molecule has 0 fully saturated rings. The minimum absolute atomic E-state index is 0.500. The van der Waals surface area contributed by atoms with Crippen LogP contribution >= 0.6 is 12.2 Å². The van der Waals surface area contributed by atoms with Gasteiger partial charge in [0, 0.05) is 23.9 Å². The number of hydrogen-bond donors (Lipinski definition) is 2. The Labute approximate surface area is 154 Å². The topological polar surface area (TPSA) is 51.8 Å². The highest BCUT2D eigenvalue weighted by Crippen LogP contribution is 2.34. The zero-order valence-electron chi connectivity index (χ0n) is 15.2. The summed E-state index contributed by atoms with van der Waals surface area (Å²) in [6.07, 6.45) is 0. The number of anilines is 1. The van der Waals surface area contributed by atoms with E-state index in [9.17, 15) is 0 Å². The second-order valence-corrected chi connectivity index (χ2v) is 6.05. The molecule has 2 rings (SSSR count). The molecule has 0 aromatic heterocycles. The van der Waals surface area contributed by atoms with Gasteiger partial charge >= 0.3 is 0 Å². The lowest BCUT2D eigenvalue weighted by atomic mass is 10.1. The van der Waals surface area contributed by atoms with Crippen LogP contribution in [0.1, 0.15) is 16.7 Å². The van der Waals surface area contributed by atoms with E-state index in [4.69, 9.17) is 26.4 Å². The Kier molecular flexibility index (Phi) is 6.47. The SMILES string of the molecule is COc1cc(OC)c(OC)cc1CNC(=S)Nc1cc(C)ccc1C. The molecule has 134 valence electrons. The molecule has 6 heteroatoms. The summed E-state index contributed by atoms with van der Waals surface area (Å²) in [5.41, 5.74) is 4.23. The van der Waals surface area contributed by atoms with Crippen molar-refractivity contribution in [2.75, 3.05) is 26.6 Å². The summed E-state index contributed by atoms with van der Waals surface area (Å²) in [5, 5.41) is 6.98. The summed E-state index contributed by atoms with van der Waals surface area (Å²) >= 11 is 5.41. The second-order valence-electron chi connectivity index (χ2n) is 5.65. The van der Waals surface area contributed by atoms with Gasteiger partial charge in [-0.05, 0) is 49.3 Å². The van der Waals surface area contributed by atoms with Crippen molar-refractivity contribution >= 4 is 23.0 Å². The van der Waals surface area contributed by atoms with Crippen molar-refractivity contribution < 1.29 is 14.2 Å². The van der Waals surface area contributed by atoms with Crippen molar-refractivity contribution in [2.45, 2.75) is 20.4 Å². The first-order valence-corrected chi connectivity index (χ1v) is 8.30. The number of thiocarbonyl (C=S) groups is 1. The molecule has 0 saturated carbocycles. The van der Waals surface area contributed by atoms with E-state index in [1.54, 1.807) is 27.4 Å². The van der Waals surface area contributed by atoms with Gasteiger partial charge in [-0.2, -0.15) is 0 Å². The van der Waals surface area contributed by atoms with Gasteiger partial charge in [-0.15, -0.1) is 0 Å². The molecule has 0 spiro atoms. The normalized spacial score (nSPS) is 10.1. The molecular weight excluding hydrogens is 336 g/mol. The van der Waals surface area contributed by atoms with Crippen LogP contribution in [0.5, 0.6) is 17.2 Å². The maximum absolute atomic E-state index is 5.43. The monoisotopic (exact) mass is 360 g/mol. The van der Waals surface area contributed by atoms with Crippen LogP contribution in [-0.2, 0) is 6.54 Å². The van der Waals surface area contributed by atoms with Crippen molar-refractivity contribution in [3.05, 3.63) is 47.0 Å². The fourth-order valence-corrected chi connectivity index (χ4v) is 2.63. The Morgan fingerprint density at radius 2 is 1.56 bits per heavy atom. The summed E-state index contributed by atoms with van der Waals surface area (Å²) in [6.45, 7) is 4.59. The lowest BCUT2D eigenvalue weighted by Gasteiger charge is -2.16. The number of rotatable bonds is 6. The average Bonchev–Trinajstić information content (AvgIpc) is 2.62. The third kappa shape index (κ3) is 4.76. The largest absolute Gasteiger partial charge is 0.496 e. The lowest BCUT2D eigenvalue weighted by Crippen LogP contribution is -2.28. The van der Waals surface area contributed by atoms with E-state index in [0.29, 0.717) is 28.9 Å².